The van der Waals surface area contributed by atoms with Gasteiger partial charge in [-0.25, -0.2) is 4.98 Å². The molecule has 7 heteroatoms. The van der Waals surface area contributed by atoms with Crippen LogP contribution in [0.3, 0.4) is 0 Å². The summed E-state index contributed by atoms with van der Waals surface area (Å²) >= 11 is 3.03. The Bertz CT molecular complexity index is 324. The first-order chi connectivity index (χ1) is 6.25. The number of nitrogens with zero attached hydrogens (tertiary/aromatic N) is 1. The maximum atomic E-state index is 12.5. The minimum Gasteiger partial charge on any atom is -0.314 e. The van der Waals surface area contributed by atoms with Gasteiger partial charge in [-0.3, -0.25) is 0 Å². The van der Waals surface area contributed by atoms with E-state index < -0.39 is 11.7 Å². The summed E-state index contributed by atoms with van der Waals surface area (Å²) in [4.78, 5) is 3.70. The molecule has 1 rings (SSSR count). The number of aromatic nitrogens is 1. The van der Waals surface area contributed by atoms with Gasteiger partial charge in [0.05, 0.1) is 0 Å². The van der Waals surface area contributed by atoms with Crippen molar-refractivity contribution >= 4 is 28.3 Å². The molecule has 0 saturated heterocycles. The van der Waals surface area contributed by atoms with Gasteiger partial charge in [-0.15, -0.1) is 12.4 Å². The van der Waals surface area contributed by atoms with Crippen molar-refractivity contribution in [2.24, 2.45) is 5.73 Å². The lowest BCUT2D eigenvalue weighted by molar-refractivity contribution is -0.184. The molecule has 1 atom stereocenters. The van der Waals surface area contributed by atoms with E-state index in [9.17, 15) is 13.2 Å². The third-order valence-electron chi connectivity index (χ3n) is 1.92. The Morgan fingerprint density at radius 1 is 1.33 bits per heavy atom. The highest BCUT2D eigenvalue weighted by Gasteiger charge is 2.49. The third kappa shape index (κ3) is 3.06. The Kier molecular flexibility index (Phi) is 4.57. The van der Waals surface area contributed by atoms with E-state index in [0.29, 0.717) is 4.60 Å². The minimum absolute atomic E-state index is 0. The summed E-state index contributed by atoms with van der Waals surface area (Å²) in [5.74, 6) is 0. The molecule has 1 aromatic heterocycles. The van der Waals surface area contributed by atoms with Crippen molar-refractivity contribution in [3.05, 3.63) is 28.5 Å². The van der Waals surface area contributed by atoms with E-state index in [0.717, 1.165) is 13.1 Å². The number of nitrogens with two attached hydrogens (primary N) is 1. The Morgan fingerprint density at radius 3 is 2.20 bits per heavy atom. The van der Waals surface area contributed by atoms with Gasteiger partial charge >= 0.3 is 6.18 Å². The third-order valence-corrected chi connectivity index (χ3v) is 2.39. The maximum Gasteiger partial charge on any atom is 0.410 e. The second-order valence-electron chi connectivity index (χ2n) is 3.07. The molecule has 1 unspecified atom stereocenters. The number of alkyl halides is 3. The predicted octanol–water partition coefficient (Wildman–Crippen LogP) is 3.00. The van der Waals surface area contributed by atoms with Gasteiger partial charge < -0.3 is 5.73 Å². The molecule has 0 saturated carbocycles. The molecule has 0 aliphatic rings. The van der Waals surface area contributed by atoms with E-state index in [-0.39, 0.29) is 18.0 Å². The van der Waals surface area contributed by atoms with E-state index in [4.69, 9.17) is 5.73 Å². The summed E-state index contributed by atoms with van der Waals surface area (Å²) in [5.41, 5.74) is 2.76. The Hall–Kier alpha value is -0.330. The molecule has 1 heterocycles. The fourth-order valence-corrected chi connectivity index (χ4v) is 1.08. The maximum absolute atomic E-state index is 12.5. The van der Waals surface area contributed by atoms with Crippen LogP contribution < -0.4 is 5.73 Å². The summed E-state index contributed by atoms with van der Waals surface area (Å²) in [6, 6.07) is 2.72. The van der Waals surface area contributed by atoms with Crippen LogP contribution in [0.15, 0.2) is 22.9 Å². The van der Waals surface area contributed by atoms with Crippen LogP contribution in [0.4, 0.5) is 13.2 Å². The second-order valence-corrected chi connectivity index (χ2v) is 3.88. The molecule has 86 valence electrons. The van der Waals surface area contributed by atoms with Crippen molar-refractivity contribution < 1.29 is 13.2 Å². The first-order valence-electron chi connectivity index (χ1n) is 3.73. The van der Waals surface area contributed by atoms with Gasteiger partial charge in [-0.2, -0.15) is 13.2 Å². The van der Waals surface area contributed by atoms with Gasteiger partial charge in [0, 0.05) is 6.20 Å². The molecule has 1 aromatic rings. The molecule has 0 fully saturated rings. The van der Waals surface area contributed by atoms with Crippen LogP contribution in [-0.4, -0.2) is 11.2 Å². The van der Waals surface area contributed by atoms with E-state index in [2.05, 4.69) is 20.9 Å². The number of halogens is 5. The lowest BCUT2D eigenvalue weighted by Gasteiger charge is -2.27. The molecular formula is C8H9BrClF3N2. The predicted molar refractivity (Wildman–Crippen MR) is 56.8 cm³/mol. The molecule has 0 radical (unpaired) electrons. The highest BCUT2D eigenvalue weighted by molar-refractivity contribution is 9.10. The van der Waals surface area contributed by atoms with Crippen LogP contribution in [0, 0.1) is 0 Å². The summed E-state index contributed by atoms with van der Waals surface area (Å²) in [5, 5.41) is 0. The van der Waals surface area contributed by atoms with E-state index in [1.807, 2.05) is 0 Å². The van der Waals surface area contributed by atoms with Crippen molar-refractivity contribution in [3.63, 3.8) is 0 Å². The van der Waals surface area contributed by atoms with Crippen molar-refractivity contribution in [1.29, 1.82) is 0 Å². The fraction of sp³-hybridized carbons (Fsp3) is 0.375. The standard InChI is InChI=1S/C8H8BrF3N2.ClH/c1-7(13,8(10,11)12)5-2-3-6(9)14-4-5;/h2-4H,13H2,1H3;1H. The largest absolute Gasteiger partial charge is 0.410 e. The molecule has 15 heavy (non-hydrogen) atoms. The molecule has 0 bridgehead atoms. The smallest absolute Gasteiger partial charge is 0.314 e. The van der Waals surface area contributed by atoms with Crippen molar-refractivity contribution in [3.8, 4) is 0 Å². The fourth-order valence-electron chi connectivity index (χ4n) is 0.847. The summed E-state index contributed by atoms with van der Waals surface area (Å²) < 4.78 is 37.8. The van der Waals surface area contributed by atoms with Gasteiger partial charge in [-0.05, 0) is 34.5 Å². The summed E-state index contributed by atoms with van der Waals surface area (Å²) in [6.07, 6.45) is -3.37. The van der Waals surface area contributed by atoms with Gasteiger partial charge in [0.25, 0.3) is 0 Å². The van der Waals surface area contributed by atoms with E-state index in [1.165, 1.54) is 12.1 Å². The van der Waals surface area contributed by atoms with Crippen LogP contribution in [0.5, 0.6) is 0 Å². The number of rotatable bonds is 1. The average Bonchev–Trinajstić information content (AvgIpc) is 2.03. The van der Waals surface area contributed by atoms with E-state index in [1.54, 1.807) is 0 Å². The zero-order chi connectivity index (χ0) is 11.0. The molecular weight excluding hydrogens is 296 g/mol. The van der Waals surface area contributed by atoms with Gasteiger partial charge in [0.2, 0.25) is 0 Å². The zero-order valence-corrected chi connectivity index (χ0v) is 10.1. The molecule has 2 nitrogen and oxygen atoms in total. The Balaban J connectivity index is 0.00000196. The van der Waals surface area contributed by atoms with Gasteiger partial charge in [0.1, 0.15) is 10.1 Å². The minimum atomic E-state index is -4.48. The lowest BCUT2D eigenvalue weighted by Crippen LogP contribution is -2.47. The van der Waals surface area contributed by atoms with Crippen LogP contribution >= 0.6 is 28.3 Å². The molecule has 0 amide bonds. The van der Waals surface area contributed by atoms with Crippen molar-refractivity contribution in [1.82, 2.24) is 4.98 Å². The van der Waals surface area contributed by atoms with Gasteiger partial charge in [-0.1, -0.05) is 6.07 Å². The first-order valence-corrected chi connectivity index (χ1v) is 4.52. The molecule has 0 aliphatic carbocycles. The SMILES string of the molecule is CC(N)(c1ccc(Br)nc1)C(F)(F)F.Cl. The number of pyridine rings is 1. The zero-order valence-electron chi connectivity index (χ0n) is 7.68. The second kappa shape index (κ2) is 4.67. The monoisotopic (exact) mass is 304 g/mol. The van der Waals surface area contributed by atoms with Crippen LogP contribution in [0.25, 0.3) is 0 Å². The first kappa shape index (κ1) is 14.7. The van der Waals surface area contributed by atoms with Crippen molar-refractivity contribution in [2.45, 2.75) is 18.6 Å². The highest BCUT2D eigenvalue weighted by atomic mass is 79.9. The number of hydrogen-bond donors (Lipinski definition) is 1. The van der Waals surface area contributed by atoms with Crippen LogP contribution in [0.1, 0.15) is 12.5 Å². The summed E-state index contributed by atoms with van der Waals surface area (Å²) in [6.45, 7) is 0.915. The highest BCUT2D eigenvalue weighted by Crippen LogP contribution is 2.35. The normalized spacial score (nSPS) is 15.3. The average molecular weight is 306 g/mol. The summed E-state index contributed by atoms with van der Waals surface area (Å²) in [7, 11) is 0. The van der Waals surface area contributed by atoms with E-state index >= 15 is 0 Å². The quantitative estimate of drug-likeness (QED) is 0.810. The van der Waals surface area contributed by atoms with Gasteiger partial charge in [0.15, 0.2) is 0 Å². The lowest BCUT2D eigenvalue weighted by atomic mass is 9.94. The molecule has 0 aromatic carbocycles. The Labute approximate surface area is 99.6 Å². The molecule has 0 aliphatic heterocycles. The Morgan fingerprint density at radius 2 is 1.87 bits per heavy atom. The topological polar surface area (TPSA) is 38.9 Å². The van der Waals surface area contributed by atoms with Crippen LogP contribution in [-0.2, 0) is 5.54 Å². The van der Waals surface area contributed by atoms with Crippen LogP contribution in [0.2, 0.25) is 0 Å². The molecule has 2 N–H and O–H groups in total. The number of hydrogen-bond acceptors (Lipinski definition) is 2. The van der Waals surface area contributed by atoms with Crippen molar-refractivity contribution in [2.75, 3.05) is 0 Å². The molecule has 0 spiro atoms.